The summed E-state index contributed by atoms with van der Waals surface area (Å²) in [6.45, 7) is 5.74. The summed E-state index contributed by atoms with van der Waals surface area (Å²) in [5.41, 5.74) is 2.68. The number of nitrogens with zero attached hydrogens (tertiary/aromatic N) is 4. The molecule has 2 saturated carbocycles. The molecule has 3 unspecified atom stereocenters. The largest absolute Gasteiger partial charge is 0.475 e. The number of alkyl halides is 3. The Hall–Kier alpha value is -3.38. The van der Waals surface area contributed by atoms with E-state index in [2.05, 4.69) is 24.6 Å². The standard InChI is InChI=1S/C35H41F3N4O2/c1-3-31(43)23-8-6-14-34(18-23)15-12-24(19-34)32-26-13-17-42(30-11-5-4-10-28(30)35(36,37)38)21-29(26)40-33(27(32)20-39)44-22-25-9-7-16-41(25)2/h3-5,10-11,23-25H,1,6-9,12-19,21-22H2,2H3/t23?,24?,25-,34?/m0/s1. The van der Waals surface area contributed by atoms with Gasteiger partial charge in [0.15, 0.2) is 5.78 Å². The van der Waals surface area contributed by atoms with Crippen LogP contribution in [0, 0.1) is 22.7 Å². The highest BCUT2D eigenvalue weighted by molar-refractivity contribution is 5.91. The molecule has 0 amide bonds. The van der Waals surface area contributed by atoms with E-state index in [1.54, 1.807) is 11.0 Å². The molecule has 2 aromatic rings. The Labute approximate surface area is 257 Å². The van der Waals surface area contributed by atoms with Crippen LogP contribution in [0.25, 0.3) is 0 Å². The molecule has 6 rings (SSSR count). The number of hydrogen-bond donors (Lipinski definition) is 0. The number of carbonyl (C=O) groups is 1. The number of ketones is 1. The first-order valence-electron chi connectivity index (χ1n) is 16.0. The van der Waals surface area contributed by atoms with Gasteiger partial charge in [0, 0.05) is 24.2 Å². The van der Waals surface area contributed by atoms with E-state index in [0.29, 0.717) is 36.7 Å². The van der Waals surface area contributed by atoms with Crippen molar-refractivity contribution in [1.82, 2.24) is 9.88 Å². The van der Waals surface area contributed by atoms with Gasteiger partial charge in [-0.3, -0.25) is 4.79 Å². The maximum atomic E-state index is 14.0. The Balaban J connectivity index is 1.36. The number of allylic oxidation sites excluding steroid dienone is 1. The van der Waals surface area contributed by atoms with E-state index in [1.165, 1.54) is 18.2 Å². The molecule has 4 aliphatic rings. The molecule has 2 aliphatic carbocycles. The van der Waals surface area contributed by atoms with Crippen LogP contribution in [0.3, 0.4) is 0 Å². The fraction of sp³-hybridized carbons (Fsp3) is 0.571. The molecule has 1 aromatic heterocycles. The number of rotatable bonds is 7. The maximum absolute atomic E-state index is 14.0. The summed E-state index contributed by atoms with van der Waals surface area (Å²) in [6, 6.07) is 8.38. The topological polar surface area (TPSA) is 69.5 Å². The number of fused-ring (bicyclic) bond motifs is 1. The fourth-order valence-electron chi connectivity index (χ4n) is 8.53. The molecule has 0 radical (unpaired) electrons. The SMILES string of the molecule is C=CC(=O)C1CCCC2(CCC(c3c(C#N)c(OC[C@@H]4CCCN4C)nc4c3CCN(c3ccccc3C(F)(F)F)C4)C2)C1. The van der Waals surface area contributed by atoms with Gasteiger partial charge in [-0.25, -0.2) is 4.98 Å². The van der Waals surface area contributed by atoms with Crippen LogP contribution in [0.2, 0.25) is 0 Å². The van der Waals surface area contributed by atoms with Gasteiger partial charge < -0.3 is 14.5 Å². The van der Waals surface area contributed by atoms with Crippen LogP contribution in [0.5, 0.6) is 5.88 Å². The number of pyridine rings is 1. The van der Waals surface area contributed by atoms with E-state index in [9.17, 15) is 23.2 Å². The van der Waals surface area contributed by atoms with Crippen LogP contribution >= 0.6 is 0 Å². The number of nitriles is 1. The highest BCUT2D eigenvalue weighted by atomic mass is 19.4. The van der Waals surface area contributed by atoms with Crippen LogP contribution in [0.1, 0.15) is 91.7 Å². The summed E-state index contributed by atoms with van der Waals surface area (Å²) in [6.07, 6.45) is 6.21. The van der Waals surface area contributed by atoms with Gasteiger partial charge in [0.05, 0.1) is 17.8 Å². The second-order valence-corrected chi connectivity index (χ2v) is 13.4. The monoisotopic (exact) mass is 606 g/mol. The number of benzene rings is 1. The van der Waals surface area contributed by atoms with Gasteiger partial charge >= 0.3 is 6.18 Å². The average molecular weight is 607 g/mol. The summed E-state index contributed by atoms with van der Waals surface area (Å²) < 4.78 is 48.2. The maximum Gasteiger partial charge on any atom is 0.418 e. The minimum atomic E-state index is -4.47. The summed E-state index contributed by atoms with van der Waals surface area (Å²) in [5, 5.41) is 10.5. The molecule has 2 aliphatic heterocycles. The van der Waals surface area contributed by atoms with Crippen LogP contribution in [-0.4, -0.2) is 48.5 Å². The molecular weight excluding hydrogens is 565 g/mol. The first kappa shape index (κ1) is 30.6. The molecule has 1 saturated heterocycles. The van der Waals surface area contributed by atoms with Gasteiger partial charge in [-0.15, -0.1) is 0 Å². The van der Waals surface area contributed by atoms with Crippen molar-refractivity contribution in [2.45, 2.75) is 88.9 Å². The Morgan fingerprint density at radius 3 is 2.73 bits per heavy atom. The lowest BCUT2D eigenvalue weighted by Crippen LogP contribution is -2.34. The number of anilines is 1. The molecule has 3 fully saturated rings. The van der Waals surface area contributed by atoms with Gasteiger partial charge in [-0.1, -0.05) is 25.1 Å². The second kappa shape index (κ2) is 12.2. The normalized spacial score (nSPS) is 27.2. The van der Waals surface area contributed by atoms with E-state index in [0.717, 1.165) is 81.5 Å². The third-order valence-electron chi connectivity index (χ3n) is 10.8. The van der Waals surface area contributed by atoms with E-state index in [-0.39, 0.29) is 41.3 Å². The zero-order valence-electron chi connectivity index (χ0n) is 25.5. The van der Waals surface area contributed by atoms with Crippen molar-refractivity contribution in [2.24, 2.45) is 11.3 Å². The zero-order chi connectivity index (χ0) is 31.1. The predicted octanol–water partition coefficient (Wildman–Crippen LogP) is 7.21. The number of aromatic nitrogens is 1. The molecule has 1 spiro atoms. The summed E-state index contributed by atoms with van der Waals surface area (Å²) in [4.78, 5) is 21.5. The van der Waals surface area contributed by atoms with Crippen molar-refractivity contribution in [2.75, 3.05) is 31.6 Å². The molecular formula is C35H41F3N4O2. The van der Waals surface area contributed by atoms with Crippen molar-refractivity contribution in [1.29, 1.82) is 5.26 Å². The van der Waals surface area contributed by atoms with Crippen LogP contribution in [0.4, 0.5) is 18.9 Å². The lowest BCUT2D eigenvalue weighted by Gasteiger charge is -2.38. The minimum absolute atomic E-state index is 0.00588. The van der Waals surface area contributed by atoms with Gasteiger partial charge in [-0.2, -0.15) is 18.4 Å². The third-order valence-corrected chi connectivity index (χ3v) is 10.8. The highest BCUT2D eigenvalue weighted by Gasteiger charge is 2.46. The average Bonchev–Trinajstić information content (AvgIpc) is 3.63. The van der Waals surface area contributed by atoms with Crippen molar-refractivity contribution >= 4 is 11.5 Å². The van der Waals surface area contributed by atoms with Crippen LogP contribution in [0.15, 0.2) is 36.9 Å². The second-order valence-electron chi connectivity index (χ2n) is 13.4. The van der Waals surface area contributed by atoms with Crippen LogP contribution < -0.4 is 9.64 Å². The lowest BCUT2D eigenvalue weighted by atomic mass is 9.67. The Kier molecular flexibility index (Phi) is 8.49. The number of likely N-dealkylation sites (tertiary alicyclic amines) is 1. The zero-order valence-corrected chi connectivity index (χ0v) is 25.5. The molecule has 9 heteroatoms. The smallest absolute Gasteiger partial charge is 0.418 e. The van der Waals surface area contributed by atoms with Gasteiger partial charge in [0.1, 0.15) is 18.2 Å². The van der Waals surface area contributed by atoms with Gasteiger partial charge in [0.25, 0.3) is 0 Å². The number of ether oxygens (including phenoxy) is 1. The molecule has 1 aromatic carbocycles. The van der Waals surface area contributed by atoms with E-state index in [4.69, 9.17) is 9.72 Å². The first-order valence-corrected chi connectivity index (χ1v) is 16.0. The molecule has 3 heterocycles. The van der Waals surface area contributed by atoms with Gasteiger partial charge in [-0.05, 0) is 112 Å². The van der Waals surface area contributed by atoms with E-state index < -0.39 is 11.7 Å². The molecule has 4 atom stereocenters. The number of likely N-dealkylation sites (N-methyl/N-ethyl adjacent to an activating group) is 1. The Bertz CT molecular complexity index is 1470. The third kappa shape index (κ3) is 5.85. The number of para-hydroxylation sites is 1. The van der Waals surface area contributed by atoms with E-state index in [1.807, 2.05) is 0 Å². The number of hydrogen-bond acceptors (Lipinski definition) is 6. The summed E-state index contributed by atoms with van der Waals surface area (Å²) in [7, 11) is 2.07. The van der Waals surface area contributed by atoms with Crippen molar-refractivity contribution in [3.05, 3.63) is 64.9 Å². The lowest BCUT2D eigenvalue weighted by molar-refractivity contribution is -0.137. The van der Waals surface area contributed by atoms with Crippen molar-refractivity contribution in [3.63, 3.8) is 0 Å². The summed E-state index contributed by atoms with van der Waals surface area (Å²) in [5.74, 6) is 0.547. The molecule has 6 nitrogen and oxygen atoms in total. The quantitative estimate of drug-likeness (QED) is 0.311. The highest BCUT2D eigenvalue weighted by Crippen LogP contribution is 2.57. The summed E-state index contributed by atoms with van der Waals surface area (Å²) >= 11 is 0. The van der Waals surface area contributed by atoms with Crippen molar-refractivity contribution in [3.8, 4) is 11.9 Å². The molecule has 44 heavy (non-hydrogen) atoms. The first-order chi connectivity index (χ1) is 21.1. The molecule has 0 N–H and O–H groups in total. The van der Waals surface area contributed by atoms with Crippen molar-refractivity contribution < 1.29 is 22.7 Å². The minimum Gasteiger partial charge on any atom is -0.475 e. The number of halogens is 3. The Morgan fingerprint density at radius 2 is 2.00 bits per heavy atom. The van der Waals surface area contributed by atoms with Crippen LogP contribution in [-0.2, 0) is 23.9 Å². The Morgan fingerprint density at radius 1 is 1.18 bits per heavy atom. The molecule has 0 bridgehead atoms. The molecule has 234 valence electrons. The number of carbonyl (C=O) groups excluding carboxylic acids is 1. The van der Waals surface area contributed by atoms with E-state index >= 15 is 0 Å². The van der Waals surface area contributed by atoms with Gasteiger partial charge in [0.2, 0.25) is 5.88 Å². The predicted molar refractivity (Wildman–Crippen MR) is 162 cm³/mol. The fourth-order valence-corrected chi connectivity index (χ4v) is 8.53.